The fourth-order valence-electron chi connectivity index (χ4n) is 4.60. The molecule has 3 saturated carbocycles. The molecule has 0 saturated heterocycles. The van der Waals surface area contributed by atoms with E-state index in [9.17, 15) is 5.11 Å². The van der Waals surface area contributed by atoms with Crippen molar-refractivity contribution in [2.24, 2.45) is 34.8 Å². The largest absolute Gasteiger partial charge is 0.367 e. The molecule has 0 radical (unpaired) electrons. The van der Waals surface area contributed by atoms with Crippen LogP contribution < -0.4 is 5.73 Å². The van der Waals surface area contributed by atoms with Crippen molar-refractivity contribution in [2.45, 2.75) is 78.7 Å². The first kappa shape index (κ1) is 16.3. The molecule has 3 rings (SSSR count). The van der Waals surface area contributed by atoms with Crippen molar-refractivity contribution in [2.75, 3.05) is 0 Å². The minimum atomic E-state index is -0.849. The number of ether oxygens (including phenoxy) is 1. The van der Waals surface area contributed by atoms with Crippen LogP contribution in [0.5, 0.6) is 0 Å². The second-order valence-electron chi connectivity index (χ2n) is 8.43. The van der Waals surface area contributed by atoms with Gasteiger partial charge in [0.05, 0.1) is 11.6 Å². The molecule has 3 aliphatic rings. The highest BCUT2D eigenvalue weighted by Crippen LogP contribution is 2.65. The highest BCUT2D eigenvalue weighted by Gasteiger charge is 2.63. The normalized spacial score (nSPS) is 42.1. The van der Waals surface area contributed by atoms with Gasteiger partial charge >= 0.3 is 0 Å². The van der Waals surface area contributed by atoms with E-state index in [0.29, 0.717) is 23.2 Å². The summed E-state index contributed by atoms with van der Waals surface area (Å²) in [5.41, 5.74) is 6.18. The first-order chi connectivity index (χ1) is 9.09. The molecule has 0 amide bonds. The predicted octanol–water partition coefficient (Wildman–Crippen LogP) is 3.16. The third kappa shape index (κ3) is 2.53. The Hall–Kier alpha value is -0.120. The number of fused-ring (bicyclic) bond motifs is 2. The van der Waals surface area contributed by atoms with Crippen LogP contribution in [0.3, 0.4) is 0 Å². The fraction of sp³-hybridized carbons (Fsp3) is 1.00. The molecular formula is C17H33NO2. The lowest BCUT2D eigenvalue weighted by molar-refractivity contribution is -0.296. The highest BCUT2D eigenvalue weighted by molar-refractivity contribution is 5.12. The van der Waals surface area contributed by atoms with Gasteiger partial charge in [0.25, 0.3) is 0 Å². The molecule has 0 aromatic rings. The molecule has 2 bridgehead atoms. The molecule has 20 heavy (non-hydrogen) atoms. The summed E-state index contributed by atoms with van der Waals surface area (Å²) in [6.45, 7) is 13.4. The van der Waals surface area contributed by atoms with Gasteiger partial charge in [0.2, 0.25) is 0 Å². The van der Waals surface area contributed by atoms with Crippen molar-refractivity contribution < 1.29 is 9.84 Å². The number of hydrogen-bond acceptors (Lipinski definition) is 3. The van der Waals surface area contributed by atoms with Crippen LogP contribution in [0.1, 0.15) is 60.8 Å². The number of hydrogen-bond donors (Lipinski definition) is 2. The Balaban J connectivity index is 2.06. The monoisotopic (exact) mass is 283 g/mol. The lowest BCUT2D eigenvalue weighted by Crippen LogP contribution is -2.66. The molecule has 3 fully saturated rings. The number of nitrogens with two attached hydrogens (primary N) is 1. The minimum absolute atomic E-state index is 0.244. The van der Waals surface area contributed by atoms with Crippen molar-refractivity contribution >= 4 is 0 Å². The van der Waals surface area contributed by atoms with E-state index in [1.54, 1.807) is 0 Å². The Bertz CT molecular complexity index is 355. The summed E-state index contributed by atoms with van der Waals surface area (Å²) in [6.07, 6.45) is 2.38. The maximum atomic E-state index is 10.4. The van der Waals surface area contributed by atoms with Gasteiger partial charge in [-0.25, -0.2) is 0 Å². The lowest BCUT2D eigenvalue weighted by atomic mass is 9.42. The second kappa shape index (κ2) is 5.26. The third-order valence-corrected chi connectivity index (χ3v) is 6.26. The molecule has 0 heterocycles. The topological polar surface area (TPSA) is 55.5 Å². The Labute approximate surface area is 124 Å². The molecule has 6 unspecified atom stereocenters. The zero-order valence-electron chi connectivity index (χ0n) is 14.0. The summed E-state index contributed by atoms with van der Waals surface area (Å²) in [7, 11) is 0. The molecule has 3 aliphatic carbocycles. The molecule has 0 spiro atoms. The van der Waals surface area contributed by atoms with E-state index >= 15 is 0 Å². The van der Waals surface area contributed by atoms with Gasteiger partial charge in [0.15, 0.2) is 6.29 Å². The number of aliphatic hydroxyl groups is 1. The van der Waals surface area contributed by atoms with Crippen LogP contribution >= 0.6 is 0 Å². The summed E-state index contributed by atoms with van der Waals surface area (Å²) in [5.74, 6) is 2.31. The van der Waals surface area contributed by atoms with Crippen LogP contribution in [-0.4, -0.2) is 23.0 Å². The first-order valence-electron chi connectivity index (χ1n) is 8.20. The molecule has 3 heteroatoms. The fourth-order valence-corrected chi connectivity index (χ4v) is 4.60. The van der Waals surface area contributed by atoms with Crippen LogP contribution in [0.15, 0.2) is 0 Å². The summed E-state index contributed by atoms with van der Waals surface area (Å²) in [6, 6.07) is -0.292. The van der Waals surface area contributed by atoms with Gasteiger partial charge in [0.1, 0.15) is 0 Å². The highest BCUT2D eigenvalue weighted by atomic mass is 16.6. The van der Waals surface area contributed by atoms with E-state index in [0.717, 1.165) is 12.3 Å². The van der Waals surface area contributed by atoms with E-state index in [1.807, 2.05) is 0 Å². The van der Waals surface area contributed by atoms with E-state index in [1.165, 1.54) is 12.8 Å². The van der Waals surface area contributed by atoms with E-state index in [-0.39, 0.29) is 11.6 Å². The van der Waals surface area contributed by atoms with Crippen LogP contribution in [0.25, 0.3) is 0 Å². The zero-order valence-corrected chi connectivity index (χ0v) is 14.0. The van der Waals surface area contributed by atoms with E-state index in [4.69, 9.17) is 10.5 Å². The van der Waals surface area contributed by atoms with Crippen molar-refractivity contribution in [1.29, 1.82) is 0 Å². The minimum Gasteiger partial charge on any atom is -0.367 e. The molecule has 0 aromatic heterocycles. The van der Waals surface area contributed by atoms with E-state index in [2.05, 4.69) is 41.5 Å². The molecule has 118 valence electrons. The van der Waals surface area contributed by atoms with Crippen LogP contribution in [0.4, 0.5) is 0 Å². The maximum Gasteiger partial charge on any atom is 0.170 e. The third-order valence-electron chi connectivity index (χ3n) is 6.26. The number of aliphatic hydroxyl groups excluding tert-OH is 1. The summed E-state index contributed by atoms with van der Waals surface area (Å²) < 4.78 is 6.17. The Morgan fingerprint density at radius 1 is 1.25 bits per heavy atom. The standard InChI is InChI=1S/C17H33NO2/c1-10(2)7-13(18)15(19)20-17(6)11(3)8-12-9-14(17)16(12,4)5/h10-15,19H,7-9,18H2,1-6H3. The lowest BCUT2D eigenvalue weighted by Gasteiger charge is -2.66. The Morgan fingerprint density at radius 3 is 2.35 bits per heavy atom. The summed E-state index contributed by atoms with van der Waals surface area (Å²) >= 11 is 0. The average molecular weight is 283 g/mol. The van der Waals surface area contributed by atoms with Gasteiger partial charge in [-0.2, -0.15) is 0 Å². The van der Waals surface area contributed by atoms with Crippen molar-refractivity contribution in [3.05, 3.63) is 0 Å². The van der Waals surface area contributed by atoms with Crippen molar-refractivity contribution in [3.63, 3.8) is 0 Å². The van der Waals surface area contributed by atoms with E-state index < -0.39 is 6.29 Å². The van der Waals surface area contributed by atoms with Gasteiger partial charge in [-0.1, -0.05) is 34.6 Å². The van der Waals surface area contributed by atoms with Gasteiger partial charge in [-0.15, -0.1) is 0 Å². The van der Waals surface area contributed by atoms with Gasteiger partial charge in [-0.3, -0.25) is 0 Å². The molecule has 0 aliphatic heterocycles. The van der Waals surface area contributed by atoms with Crippen molar-refractivity contribution in [3.8, 4) is 0 Å². The van der Waals surface area contributed by atoms with Gasteiger partial charge in [-0.05, 0) is 55.3 Å². The number of rotatable bonds is 5. The summed E-state index contributed by atoms with van der Waals surface area (Å²) in [4.78, 5) is 0. The van der Waals surface area contributed by atoms with Gasteiger partial charge in [0, 0.05) is 0 Å². The smallest absolute Gasteiger partial charge is 0.170 e. The second-order valence-corrected chi connectivity index (χ2v) is 8.43. The zero-order chi connectivity index (χ0) is 15.3. The van der Waals surface area contributed by atoms with Gasteiger partial charge < -0.3 is 15.6 Å². The quantitative estimate of drug-likeness (QED) is 0.762. The maximum absolute atomic E-state index is 10.4. The molecule has 0 aromatic carbocycles. The Morgan fingerprint density at radius 2 is 1.85 bits per heavy atom. The molecular weight excluding hydrogens is 250 g/mol. The molecule has 3 N–H and O–H groups in total. The molecule has 3 nitrogen and oxygen atoms in total. The SMILES string of the molecule is CC(C)CC(N)C(O)OC1(C)C(C)CC2CC1C2(C)C. The molecule has 6 atom stereocenters. The van der Waals surface area contributed by atoms with Crippen LogP contribution in [0, 0.1) is 29.1 Å². The Kier molecular flexibility index (Phi) is 4.27. The predicted molar refractivity (Wildman–Crippen MR) is 82.1 cm³/mol. The van der Waals surface area contributed by atoms with Crippen molar-refractivity contribution in [1.82, 2.24) is 0 Å². The average Bonchev–Trinajstić information content (AvgIpc) is 2.31. The first-order valence-corrected chi connectivity index (χ1v) is 8.20. The van der Waals surface area contributed by atoms with Crippen LogP contribution in [0.2, 0.25) is 0 Å². The summed E-state index contributed by atoms with van der Waals surface area (Å²) in [5, 5.41) is 10.4. The van der Waals surface area contributed by atoms with Crippen LogP contribution in [-0.2, 0) is 4.74 Å².